The average Bonchev–Trinajstić information content (AvgIpc) is 3.34. The SMILES string of the molecule is O=C(O)c1ccc(NS(=O)(=O)c2ccc3c(c2)[C@H]2C=CC[C@H]2[C@@H](c2ccccc2C(=O)O)N3)cc1. The fraction of sp³-hybridized carbons (Fsp3) is 0.154. The molecule has 1 aliphatic carbocycles. The van der Waals surface area contributed by atoms with Gasteiger partial charge in [0.25, 0.3) is 10.0 Å². The van der Waals surface area contributed by atoms with Crippen molar-refractivity contribution in [3.05, 3.63) is 101 Å². The predicted octanol–water partition coefficient (Wildman–Crippen LogP) is 4.71. The molecule has 0 saturated carbocycles. The van der Waals surface area contributed by atoms with Crippen LogP contribution in [0.25, 0.3) is 0 Å². The summed E-state index contributed by atoms with van der Waals surface area (Å²) >= 11 is 0. The molecule has 4 N–H and O–H groups in total. The maximum atomic E-state index is 13.1. The largest absolute Gasteiger partial charge is 0.478 e. The van der Waals surface area contributed by atoms with Crippen molar-refractivity contribution in [2.45, 2.75) is 23.3 Å². The number of nitrogens with one attached hydrogen (secondary N) is 2. The lowest BCUT2D eigenvalue weighted by molar-refractivity contribution is 0.0685. The van der Waals surface area contributed by atoms with Gasteiger partial charge < -0.3 is 15.5 Å². The Hall–Kier alpha value is -4.11. The topological polar surface area (TPSA) is 133 Å². The Balaban J connectivity index is 1.47. The molecular formula is C26H22N2O6S. The van der Waals surface area contributed by atoms with Crippen LogP contribution in [0.4, 0.5) is 11.4 Å². The van der Waals surface area contributed by atoms with Crippen LogP contribution in [0.15, 0.2) is 83.8 Å². The number of carboxylic acids is 2. The number of aromatic carboxylic acids is 2. The summed E-state index contributed by atoms with van der Waals surface area (Å²) in [5, 5.41) is 22.2. The highest BCUT2D eigenvalue weighted by Gasteiger charge is 2.39. The lowest BCUT2D eigenvalue weighted by Crippen LogP contribution is -2.30. The van der Waals surface area contributed by atoms with Gasteiger partial charge in [-0.3, -0.25) is 4.72 Å². The Labute approximate surface area is 202 Å². The Bertz CT molecular complexity index is 1460. The van der Waals surface area contributed by atoms with Crippen molar-refractivity contribution in [1.82, 2.24) is 0 Å². The Morgan fingerprint density at radius 2 is 1.66 bits per heavy atom. The van der Waals surface area contributed by atoms with Crippen molar-refractivity contribution < 1.29 is 28.2 Å². The van der Waals surface area contributed by atoms with Gasteiger partial charge >= 0.3 is 11.9 Å². The first kappa shape index (κ1) is 22.7. The number of anilines is 2. The number of benzene rings is 3. The summed E-state index contributed by atoms with van der Waals surface area (Å²) in [5.74, 6) is -2.11. The maximum absolute atomic E-state index is 13.1. The summed E-state index contributed by atoms with van der Waals surface area (Å²) in [6, 6.07) is 17.0. The van der Waals surface area contributed by atoms with Gasteiger partial charge in [-0.05, 0) is 72.0 Å². The van der Waals surface area contributed by atoms with Crippen molar-refractivity contribution in [1.29, 1.82) is 0 Å². The van der Waals surface area contributed by atoms with E-state index in [1.54, 1.807) is 24.3 Å². The predicted molar refractivity (Wildman–Crippen MR) is 130 cm³/mol. The molecule has 0 radical (unpaired) electrons. The van der Waals surface area contributed by atoms with Crippen molar-refractivity contribution in [2.24, 2.45) is 5.92 Å². The number of allylic oxidation sites excluding steroid dienone is 2. The van der Waals surface area contributed by atoms with E-state index in [4.69, 9.17) is 5.11 Å². The quantitative estimate of drug-likeness (QED) is 0.368. The van der Waals surface area contributed by atoms with Gasteiger partial charge in [0, 0.05) is 17.3 Å². The second-order valence-corrected chi connectivity index (χ2v) is 10.3. The summed E-state index contributed by atoms with van der Waals surface area (Å²) in [7, 11) is -3.92. The number of sulfonamides is 1. The van der Waals surface area contributed by atoms with Crippen LogP contribution in [0.1, 0.15) is 50.2 Å². The number of hydrogen-bond donors (Lipinski definition) is 4. The lowest BCUT2D eigenvalue weighted by atomic mass is 9.76. The summed E-state index contributed by atoms with van der Waals surface area (Å²) in [6.07, 6.45) is 4.84. The van der Waals surface area contributed by atoms with Gasteiger partial charge in [-0.2, -0.15) is 0 Å². The van der Waals surface area contributed by atoms with Crippen molar-refractivity contribution in [2.75, 3.05) is 10.0 Å². The van der Waals surface area contributed by atoms with E-state index in [9.17, 15) is 23.1 Å². The van der Waals surface area contributed by atoms with Crippen molar-refractivity contribution in [3.8, 4) is 0 Å². The van der Waals surface area contributed by atoms with Gasteiger partial charge in [-0.1, -0.05) is 30.4 Å². The third-order valence-corrected chi connectivity index (χ3v) is 7.93. The van der Waals surface area contributed by atoms with E-state index in [-0.39, 0.29) is 39.6 Å². The van der Waals surface area contributed by atoms with Gasteiger partial charge in [-0.15, -0.1) is 0 Å². The summed E-state index contributed by atoms with van der Waals surface area (Å²) in [5.41, 5.74) is 2.86. The van der Waals surface area contributed by atoms with Crippen molar-refractivity contribution >= 4 is 33.3 Å². The molecule has 5 rings (SSSR count). The van der Waals surface area contributed by atoms with E-state index in [1.165, 1.54) is 30.3 Å². The average molecular weight is 491 g/mol. The van der Waals surface area contributed by atoms with Crippen LogP contribution in [-0.2, 0) is 10.0 Å². The molecule has 2 aliphatic rings. The molecule has 0 spiro atoms. The molecule has 0 saturated heterocycles. The zero-order chi connectivity index (χ0) is 24.7. The molecule has 8 nitrogen and oxygen atoms in total. The van der Waals surface area contributed by atoms with Crippen LogP contribution in [0, 0.1) is 5.92 Å². The van der Waals surface area contributed by atoms with Crippen LogP contribution in [-0.4, -0.2) is 30.6 Å². The van der Waals surface area contributed by atoms with Crippen LogP contribution in [0.5, 0.6) is 0 Å². The lowest BCUT2D eigenvalue weighted by Gasteiger charge is -2.38. The van der Waals surface area contributed by atoms with Crippen LogP contribution in [0.2, 0.25) is 0 Å². The molecule has 0 amide bonds. The minimum absolute atomic E-state index is 0.0393. The Morgan fingerprint density at radius 1 is 0.914 bits per heavy atom. The van der Waals surface area contributed by atoms with E-state index >= 15 is 0 Å². The molecule has 0 unspecified atom stereocenters. The van der Waals surface area contributed by atoms with Gasteiger partial charge in [0.2, 0.25) is 0 Å². The van der Waals surface area contributed by atoms with E-state index in [2.05, 4.69) is 16.1 Å². The molecule has 1 aliphatic heterocycles. The molecule has 9 heteroatoms. The van der Waals surface area contributed by atoms with Crippen molar-refractivity contribution in [3.63, 3.8) is 0 Å². The number of carboxylic acid groups (broad SMARTS) is 2. The zero-order valence-electron chi connectivity index (χ0n) is 18.4. The van der Waals surface area contributed by atoms with E-state index in [0.717, 1.165) is 17.7 Å². The molecule has 1 heterocycles. The molecule has 0 bridgehead atoms. The Morgan fingerprint density at radius 3 is 2.37 bits per heavy atom. The van der Waals surface area contributed by atoms with Gasteiger partial charge in [0.15, 0.2) is 0 Å². The number of rotatable bonds is 6. The maximum Gasteiger partial charge on any atom is 0.336 e. The van der Waals surface area contributed by atoms with Crippen LogP contribution >= 0.6 is 0 Å². The number of hydrogen-bond acceptors (Lipinski definition) is 5. The first-order valence-electron chi connectivity index (χ1n) is 11.0. The highest BCUT2D eigenvalue weighted by Crippen LogP contribution is 2.50. The molecule has 35 heavy (non-hydrogen) atoms. The first-order valence-corrected chi connectivity index (χ1v) is 12.5. The third kappa shape index (κ3) is 4.15. The summed E-state index contributed by atoms with van der Waals surface area (Å²) in [4.78, 5) is 22.9. The minimum atomic E-state index is -3.92. The highest BCUT2D eigenvalue weighted by atomic mass is 32.2. The smallest absolute Gasteiger partial charge is 0.336 e. The van der Waals surface area contributed by atoms with Crippen LogP contribution < -0.4 is 10.0 Å². The van der Waals surface area contributed by atoms with Gasteiger partial charge in [0.1, 0.15) is 0 Å². The van der Waals surface area contributed by atoms with Crippen LogP contribution in [0.3, 0.4) is 0 Å². The third-order valence-electron chi connectivity index (χ3n) is 6.55. The Kier molecular flexibility index (Phi) is 5.56. The monoisotopic (exact) mass is 490 g/mol. The van der Waals surface area contributed by atoms with E-state index in [0.29, 0.717) is 5.56 Å². The second kappa shape index (κ2) is 8.59. The standard InChI is InChI=1S/C26H22N2O6S/c29-25(30)15-8-10-16(11-9-15)28-35(33,34)17-12-13-23-22(14-17)18-6-3-7-19(18)24(27-23)20-4-1-2-5-21(20)26(31)32/h1-6,8-14,18-19,24,27-28H,7H2,(H,29,30)(H,31,32)/t18-,19+,24-/m0/s1. The summed E-state index contributed by atoms with van der Waals surface area (Å²) in [6.45, 7) is 0. The fourth-order valence-electron chi connectivity index (χ4n) is 4.91. The molecule has 0 aromatic heterocycles. The number of carbonyl (C=O) groups is 2. The normalized spacial score (nSPS) is 20.4. The molecule has 3 aromatic carbocycles. The number of fused-ring (bicyclic) bond motifs is 3. The molecule has 3 atom stereocenters. The zero-order valence-corrected chi connectivity index (χ0v) is 19.2. The van der Waals surface area contributed by atoms with Gasteiger partial charge in [0.05, 0.1) is 22.1 Å². The van der Waals surface area contributed by atoms with Gasteiger partial charge in [-0.25, -0.2) is 18.0 Å². The second-order valence-electron chi connectivity index (χ2n) is 8.60. The van der Waals surface area contributed by atoms with E-state index < -0.39 is 22.0 Å². The first-order chi connectivity index (χ1) is 16.7. The molecular weight excluding hydrogens is 468 g/mol. The molecule has 178 valence electrons. The molecule has 0 fully saturated rings. The van der Waals surface area contributed by atoms with E-state index in [1.807, 2.05) is 18.2 Å². The fourth-order valence-corrected chi connectivity index (χ4v) is 6.00. The molecule has 3 aromatic rings. The highest BCUT2D eigenvalue weighted by molar-refractivity contribution is 7.92. The minimum Gasteiger partial charge on any atom is -0.478 e. The summed E-state index contributed by atoms with van der Waals surface area (Å²) < 4.78 is 28.6.